The molecule has 9 heteroatoms. The van der Waals surface area contributed by atoms with Crippen LogP contribution >= 0.6 is 11.3 Å². The number of benzene rings is 3. The highest BCUT2D eigenvalue weighted by molar-refractivity contribution is 7.22. The van der Waals surface area contributed by atoms with Gasteiger partial charge in [-0.1, -0.05) is 67.7 Å². The van der Waals surface area contributed by atoms with Gasteiger partial charge in [0, 0.05) is 0 Å². The Labute approximate surface area is 248 Å². The third-order valence-corrected chi connectivity index (χ3v) is 7.96. The molecule has 2 heterocycles. The van der Waals surface area contributed by atoms with E-state index in [9.17, 15) is 14.7 Å². The molecule has 1 aromatic heterocycles. The molecule has 1 unspecified atom stereocenters. The summed E-state index contributed by atoms with van der Waals surface area (Å²) in [5.74, 6) is 0.326. The second-order valence-corrected chi connectivity index (χ2v) is 11.2. The monoisotopic (exact) mass is 584 g/mol. The van der Waals surface area contributed by atoms with Crippen LogP contribution < -0.4 is 19.1 Å². The van der Waals surface area contributed by atoms with Crippen molar-refractivity contribution < 1.29 is 28.9 Å². The van der Waals surface area contributed by atoms with E-state index in [1.165, 1.54) is 29.4 Å². The highest BCUT2D eigenvalue weighted by Gasteiger charge is 2.45. The van der Waals surface area contributed by atoms with Crippen molar-refractivity contribution in [3.8, 4) is 17.2 Å². The third-order valence-electron chi connectivity index (χ3n) is 6.95. The summed E-state index contributed by atoms with van der Waals surface area (Å²) in [6.07, 6.45) is 3.90. The lowest BCUT2D eigenvalue weighted by atomic mass is 9.95. The van der Waals surface area contributed by atoms with Gasteiger partial charge in [0.25, 0.3) is 5.91 Å². The van der Waals surface area contributed by atoms with Crippen LogP contribution in [-0.2, 0) is 9.59 Å². The number of fused-ring (bicyclic) bond motifs is 1. The quantitative estimate of drug-likeness (QED) is 0.191. The predicted octanol–water partition coefficient (Wildman–Crippen LogP) is 6.92. The van der Waals surface area contributed by atoms with Crippen LogP contribution in [0.5, 0.6) is 17.2 Å². The molecule has 1 aliphatic rings. The van der Waals surface area contributed by atoms with Crippen LogP contribution in [0.25, 0.3) is 16.3 Å². The van der Waals surface area contributed by atoms with E-state index in [-0.39, 0.29) is 5.57 Å². The van der Waals surface area contributed by atoms with Gasteiger partial charge in [-0.05, 0) is 59.9 Å². The fraction of sp³-hybridized carbons (Fsp3) is 0.242. The summed E-state index contributed by atoms with van der Waals surface area (Å²) in [6, 6.07) is 19.1. The molecule has 0 bridgehead atoms. The molecule has 216 valence electrons. The van der Waals surface area contributed by atoms with Gasteiger partial charge in [0.1, 0.15) is 5.75 Å². The number of carbonyl (C=O) groups is 2. The first kappa shape index (κ1) is 28.9. The number of hydrogen-bond acceptors (Lipinski definition) is 8. The number of anilines is 1. The van der Waals surface area contributed by atoms with E-state index in [0.29, 0.717) is 46.0 Å². The minimum absolute atomic E-state index is 0.0421. The minimum Gasteiger partial charge on any atom is -0.503 e. The molecule has 0 radical (unpaired) electrons. The standard InChI is InChI=1S/C33H32N2O6S/c1-20(2)16-17-41-26-15-11-22(18-27(26)40-4)30-29(25(36)14-10-21-8-6-5-7-9-21)31(37)32(38)35(30)33-34-24-13-12-23(39-3)19-28(24)42-33/h5-15,18-20,30,37H,16-17H2,1-4H3/b14-10+. The molecule has 0 saturated heterocycles. The molecule has 1 amide bonds. The Morgan fingerprint density at radius 3 is 2.55 bits per heavy atom. The lowest BCUT2D eigenvalue weighted by Gasteiger charge is -2.25. The van der Waals surface area contributed by atoms with E-state index in [4.69, 9.17) is 14.2 Å². The SMILES string of the molecule is COc1ccc2nc(N3C(=O)C(O)=C(C(=O)/C=C/c4ccccc4)C3c3ccc(OCCC(C)C)c(OC)c3)sc2c1. The number of hydrogen-bond donors (Lipinski definition) is 1. The molecule has 5 rings (SSSR count). The summed E-state index contributed by atoms with van der Waals surface area (Å²) in [7, 11) is 3.12. The van der Waals surface area contributed by atoms with Crippen molar-refractivity contribution in [1.82, 2.24) is 4.98 Å². The summed E-state index contributed by atoms with van der Waals surface area (Å²) >= 11 is 1.27. The van der Waals surface area contributed by atoms with Crippen molar-refractivity contribution in [2.45, 2.75) is 26.3 Å². The summed E-state index contributed by atoms with van der Waals surface area (Å²) in [5, 5.41) is 11.5. The van der Waals surface area contributed by atoms with E-state index in [2.05, 4.69) is 18.8 Å². The van der Waals surface area contributed by atoms with Crippen molar-refractivity contribution in [3.05, 3.63) is 95.3 Å². The van der Waals surface area contributed by atoms with Gasteiger partial charge in [0.2, 0.25) is 0 Å². The summed E-state index contributed by atoms with van der Waals surface area (Å²) in [4.78, 5) is 33.3. The number of thiazole rings is 1. The molecule has 1 atom stereocenters. The first-order chi connectivity index (χ1) is 20.3. The van der Waals surface area contributed by atoms with Gasteiger partial charge in [0.15, 0.2) is 28.2 Å². The van der Waals surface area contributed by atoms with Gasteiger partial charge < -0.3 is 19.3 Å². The number of amides is 1. The van der Waals surface area contributed by atoms with Crippen LogP contribution in [0.3, 0.4) is 0 Å². The largest absolute Gasteiger partial charge is 0.503 e. The van der Waals surface area contributed by atoms with Crippen LogP contribution in [0.1, 0.15) is 37.4 Å². The van der Waals surface area contributed by atoms with E-state index in [1.54, 1.807) is 43.5 Å². The molecule has 1 N–H and O–H groups in total. The van der Waals surface area contributed by atoms with Gasteiger partial charge in [-0.2, -0.15) is 0 Å². The molecule has 8 nitrogen and oxygen atoms in total. The maximum Gasteiger partial charge on any atom is 0.296 e. The molecule has 4 aromatic rings. The zero-order valence-electron chi connectivity index (χ0n) is 23.9. The van der Waals surface area contributed by atoms with Crippen LogP contribution in [-0.4, -0.2) is 42.6 Å². The number of nitrogens with zero attached hydrogens (tertiary/aromatic N) is 2. The van der Waals surface area contributed by atoms with Gasteiger partial charge >= 0.3 is 0 Å². The first-order valence-electron chi connectivity index (χ1n) is 13.6. The number of allylic oxidation sites excluding steroid dienone is 1. The summed E-state index contributed by atoms with van der Waals surface area (Å²) in [6.45, 7) is 4.76. The molecule has 0 aliphatic carbocycles. The van der Waals surface area contributed by atoms with E-state index in [1.807, 2.05) is 36.4 Å². The number of rotatable bonds is 11. The van der Waals surface area contributed by atoms with Crippen molar-refractivity contribution >= 4 is 44.5 Å². The Bertz CT molecular complexity index is 1670. The van der Waals surface area contributed by atoms with Crippen molar-refractivity contribution in [3.63, 3.8) is 0 Å². The minimum atomic E-state index is -0.952. The Balaban J connectivity index is 1.58. The first-order valence-corrected chi connectivity index (χ1v) is 14.4. The van der Waals surface area contributed by atoms with Crippen molar-refractivity contribution in [2.75, 3.05) is 25.7 Å². The molecule has 0 saturated carbocycles. The van der Waals surface area contributed by atoms with Gasteiger partial charge in [-0.15, -0.1) is 0 Å². The number of aliphatic hydroxyl groups is 1. The Morgan fingerprint density at radius 2 is 1.83 bits per heavy atom. The van der Waals surface area contributed by atoms with Crippen LogP contribution in [0.2, 0.25) is 0 Å². The Morgan fingerprint density at radius 1 is 1.05 bits per heavy atom. The maximum absolute atomic E-state index is 13.6. The fourth-order valence-electron chi connectivity index (χ4n) is 4.70. The van der Waals surface area contributed by atoms with Crippen molar-refractivity contribution in [1.29, 1.82) is 0 Å². The summed E-state index contributed by atoms with van der Waals surface area (Å²) < 4.78 is 17.8. The summed E-state index contributed by atoms with van der Waals surface area (Å²) in [5.41, 5.74) is 2.00. The highest BCUT2D eigenvalue weighted by atomic mass is 32.1. The number of methoxy groups -OCH3 is 2. The van der Waals surface area contributed by atoms with E-state index < -0.39 is 23.5 Å². The number of carbonyl (C=O) groups excluding carboxylic acids is 2. The lowest BCUT2D eigenvalue weighted by Crippen LogP contribution is -2.30. The Kier molecular flexibility index (Phi) is 8.59. The maximum atomic E-state index is 13.6. The van der Waals surface area contributed by atoms with E-state index >= 15 is 0 Å². The second-order valence-electron chi connectivity index (χ2n) is 10.2. The fourth-order valence-corrected chi connectivity index (χ4v) is 5.72. The third kappa shape index (κ3) is 5.87. The molecule has 1 aliphatic heterocycles. The molecular weight excluding hydrogens is 552 g/mol. The van der Waals surface area contributed by atoms with Gasteiger partial charge in [-0.25, -0.2) is 4.98 Å². The topological polar surface area (TPSA) is 98.2 Å². The van der Waals surface area contributed by atoms with E-state index in [0.717, 1.165) is 16.7 Å². The van der Waals surface area contributed by atoms with Crippen LogP contribution in [0.4, 0.5) is 5.13 Å². The number of ether oxygens (including phenoxy) is 3. The molecule has 0 fully saturated rings. The number of aliphatic hydroxyl groups excluding tert-OH is 1. The van der Waals surface area contributed by atoms with Gasteiger partial charge in [0.05, 0.1) is 42.7 Å². The highest BCUT2D eigenvalue weighted by Crippen LogP contribution is 2.45. The lowest BCUT2D eigenvalue weighted by molar-refractivity contribution is -0.117. The van der Waals surface area contributed by atoms with Crippen LogP contribution in [0, 0.1) is 5.92 Å². The molecule has 3 aromatic carbocycles. The molecular formula is C33H32N2O6S. The number of aromatic nitrogens is 1. The molecule has 42 heavy (non-hydrogen) atoms. The second kappa shape index (κ2) is 12.5. The van der Waals surface area contributed by atoms with Crippen molar-refractivity contribution in [2.24, 2.45) is 5.92 Å². The molecule has 0 spiro atoms. The zero-order valence-corrected chi connectivity index (χ0v) is 24.7. The predicted molar refractivity (Wildman–Crippen MR) is 164 cm³/mol. The smallest absolute Gasteiger partial charge is 0.296 e. The normalized spacial score (nSPS) is 15.3. The average molecular weight is 585 g/mol. The zero-order chi connectivity index (χ0) is 29.8. The number of ketones is 1. The van der Waals surface area contributed by atoms with Crippen LogP contribution in [0.15, 0.2) is 84.1 Å². The average Bonchev–Trinajstić information content (AvgIpc) is 3.53. The Hall–Kier alpha value is -4.63. The van der Waals surface area contributed by atoms with Gasteiger partial charge in [-0.3, -0.25) is 14.5 Å².